The Hall–Kier alpha value is -4.81. The van der Waals surface area contributed by atoms with Crippen molar-refractivity contribution in [2.75, 3.05) is 19.5 Å². The van der Waals surface area contributed by atoms with Crippen molar-refractivity contribution < 1.29 is 33.7 Å². The number of benzene rings is 3. The van der Waals surface area contributed by atoms with Gasteiger partial charge in [-0.05, 0) is 65.7 Å². The number of nitrogens with one attached hydrogen (secondary N) is 1. The fourth-order valence-electron chi connectivity index (χ4n) is 3.18. The first-order chi connectivity index (χ1) is 17.7. The van der Waals surface area contributed by atoms with E-state index < -0.39 is 17.8 Å². The molecule has 3 rings (SSSR count). The number of carboxylic acids is 1. The predicted molar refractivity (Wildman–Crippen MR) is 136 cm³/mol. The number of esters is 1. The highest BCUT2D eigenvalue weighted by Crippen LogP contribution is 2.37. The maximum atomic E-state index is 12.6. The van der Waals surface area contributed by atoms with Gasteiger partial charge in [0.05, 0.1) is 30.4 Å². The first kappa shape index (κ1) is 26.8. The van der Waals surface area contributed by atoms with Crippen LogP contribution < -0.4 is 14.8 Å². The van der Waals surface area contributed by atoms with Gasteiger partial charge in [0.25, 0.3) is 5.91 Å². The molecule has 0 fully saturated rings. The van der Waals surface area contributed by atoms with Gasteiger partial charge in [0, 0.05) is 5.69 Å². The van der Waals surface area contributed by atoms with E-state index in [1.54, 1.807) is 18.2 Å². The minimum Gasteiger partial charge on any atom is -0.493 e. The van der Waals surface area contributed by atoms with Gasteiger partial charge in [-0.3, -0.25) is 4.79 Å². The number of aromatic carboxylic acids is 1. The second-order valence-electron chi connectivity index (χ2n) is 7.52. The maximum absolute atomic E-state index is 12.6. The molecule has 0 aliphatic heterocycles. The number of methoxy groups -OCH3 is 2. The van der Waals surface area contributed by atoms with Crippen LogP contribution in [0.4, 0.5) is 5.69 Å². The number of ether oxygens (including phenoxy) is 3. The van der Waals surface area contributed by atoms with Crippen LogP contribution >= 0.6 is 11.6 Å². The molecule has 1 amide bonds. The smallest absolute Gasteiger partial charge is 0.337 e. The van der Waals surface area contributed by atoms with Crippen LogP contribution in [0.25, 0.3) is 6.08 Å². The molecule has 0 saturated heterocycles. The van der Waals surface area contributed by atoms with Crippen LogP contribution in [0.3, 0.4) is 0 Å². The summed E-state index contributed by atoms with van der Waals surface area (Å²) in [5.74, 6) is -1.67. The molecule has 0 heterocycles. The topological polar surface area (TPSA) is 135 Å². The van der Waals surface area contributed by atoms with Crippen LogP contribution in [-0.2, 0) is 16.1 Å². The number of carbonyl (C=O) groups is 3. The second kappa shape index (κ2) is 12.2. The lowest BCUT2D eigenvalue weighted by atomic mass is 10.1. The average Bonchev–Trinajstić information content (AvgIpc) is 2.90. The molecule has 0 aliphatic rings. The first-order valence-electron chi connectivity index (χ1n) is 10.7. The lowest BCUT2D eigenvalue weighted by Crippen LogP contribution is -2.13. The zero-order valence-electron chi connectivity index (χ0n) is 19.8. The lowest BCUT2D eigenvalue weighted by molar-refractivity contribution is -0.112. The van der Waals surface area contributed by atoms with Crippen LogP contribution in [-0.4, -0.2) is 37.2 Å². The van der Waals surface area contributed by atoms with Crippen molar-refractivity contribution in [3.8, 4) is 17.6 Å². The van der Waals surface area contributed by atoms with Gasteiger partial charge in [-0.1, -0.05) is 23.7 Å². The number of nitrogens with zero attached hydrogens (tertiary/aromatic N) is 1. The van der Waals surface area contributed by atoms with E-state index in [9.17, 15) is 19.6 Å². The number of carboxylic acid groups (broad SMARTS) is 1. The molecule has 2 N–H and O–H groups in total. The molecule has 3 aromatic carbocycles. The maximum Gasteiger partial charge on any atom is 0.337 e. The van der Waals surface area contributed by atoms with Gasteiger partial charge in [-0.25, -0.2) is 9.59 Å². The van der Waals surface area contributed by atoms with Gasteiger partial charge in [0.15, 0.2) is 11.5 Å². The van der Waals surface area contributed by atoms with Crippen molar-refractivity contribution in [1.82, 2.24) is 0 Å². The molecule has 3 aromatic rings. The van der Waals surface area contributed by atoms with E-state index >= 15 is 0 Å². The summed E-state index contributed by atoms with van der Waals surface area (Å²) >= 11 is 6.40. The predicted octanol–water partition coefficient (Wildman–Crippen LogP) is 4.96. The Kier molecular flexibility index (Phi) is 8.86. The number of amides is 1. The van der Waals surface area contributed by atoms with Gasteiger partial charge in [0.2, 0.25) is 0 Å². The third kappa shape index (κ3) is 6.87. The lowest BCUT2D eigenvalue weighted by Gasteiger charge is -2.14. The van der Waals surface area contributed by atoms with Crippen molar-refractivity contribution in [1.29, 1.82) is 5.26 Å². The van der Waals surface area contributed by atoms with E-state index in [2.05, 4.69) is 10.1 Å². The Bertz CT molecular complexity index is 1390. The van der Waals surface area contributed by atoms with E-state index in [0.717, 1.165) is 5.56 Å². The van der Waals surface area contributed by atoms with Crippen LogP contribution in [0.5, 0.6) is 11.5 Å². The molecule has 0 spiro atoms. The molecule has 0 unspecified atom stereocenters. The fourth-order valence-corrected chi connectivity index (χ4v) is 3.46. The van der Waals surface area contributed by atoms with E-state index in [4.69, 9.17) is 26.2 Å². The molecule has 0 radical (unpaired) electrons. The molecule has 0 atom stereocenters. The number of rotatable bonds is 9. The van der Waals surface area contributed by atoms with Crippen molar-refractivity contribution in [3.05, 3.63) is 93.5 Å². The monoisotopic (exact) mass is 520 g/mol. The van der Waals surface area contributed by atoms with E-state index in [1.807, 2.05) is 6.07 Å². The second-order valence-corrected chi connectivity index (χ2v) is 7.92. The van der Waals surface area contributed by atoms with Gasteiger partial charge in [-0.2, -0.15) is 5.26 Å². The van der Waals surface area contributed by atoms with Gasteiger partial charge < -0.3 is 24.6 Å². The van der Waals surface area contributed by atoms with Crippen LogP contribution in [0.1, 0.15) is 31.8 Å². The van der Waals surface area contributed by atoms with Gasteiger partial charge in [-0.15, -0.1) is 0 Å². The third-order valence-corrected chi connectivity index (χ3v) is 5.36. The van der Waals surface area contributed by atoms with E-state index in [-0.39, 0.29) is 34.3 Å². The summed E-state index contributed by atoms with van der Waals surface area (Å²) in [6.45, 7) is 0.103. The van der Waals surface area contributed by atoms with Gasteiger partial charge >= 0.3 is 11.9 Å². The Morgan fingerprint density at radius 1 is 1.03 bits per heavy atom. The Balaban J connectivity index is 1.76. The number of anilines is 1. The molecule has 9 nitrogen and oxygen atoms in total. The van der Waals surface area contributed by atoms with Crippen LogP contribution in [0, 0.1) is 11.3 Å². The van der Waals surface area contributed by atoms with Crippen molar-refractivity contribution in [2.45, 2.75) is 6.61 Å². The number of nitriles is 1. The van der Waals surface area contributed by atoms with Crippen LogP contribution in [0.15, 0.2) is 66.2 Å². The third-order valence-electron chi connectivity index (χ3n) is 5.08. The summed E-state index contributed by atoms with van der Waals surface area (Å²) in [6.07, 6.45) is 1.35. The highest BCUT2D eigenvalue weighted by Gasteiger charge is 2.15. The molecular weight excluding hydrogens is 500 g/mol. The summed E-state index contributed by atoms with van der Waals surface area (Å²) in [5, 5.41) is 21.3. The Morgan fingerprint density at radius 3 is 2.24 bits per heavy atom. The number of carbonyl (C=O) groups excluding carboxylic acids is 2. The summed E-state index contributed by atoms with van der Waals surface area (Å²) < 4.78 is 15.8. The highest BCUT2D eigenvalue weighted by molar-refractivity contribution is 6.32. The summed E-state index contributed by atoms with van der Waals surface area (Å²) in [7, 11) is 2.69. The number of hydrogen-bond acceptors (Lipinski definition) is 7. The zero-order chi connectivity index (χ0) is 26.9. The number of halogens is 1. The summed E-state index contributed by atoms with van der Waals surface area (Å²) in [4.78, 5) is 35.2. The highest BCUT2D eigenvalue weighted by atomic mass is 35.5. The zero-order valence-corrected chi connectivity index (χ0v) is 20.5. The molecule has 0 bridgehead atoms. The van der Waals surface area contributed by atoms with E-state index in [0.29, 0.717) is 16.8 Å². The largest absolute Gasteiger partial charge is 0.493 e. The average molecular weight is 521 g/mol. The quantitative estimate of drug-likeness (QED) is 0.230. The molecular formula is C27H21ClN2O7. The first-order valence-corrected chi connectivity index (χ1v) is 11.1. The van der Waals surface area contributed by atoms with Crippen molar-refractivity contribution in [3.63, 3.8) is 0 Å². The Morgan fingerprint density at radius 2 is 1.68 bits per heavy atom. The van der Waals surface area contributed by atoms with Crippen LogP contribution in [0.2, 0.25) is 5.02 Å². The minimum absolute atomic E-state index is 0.103. The molecule has 10 heteroatoms. The van der Waals surface area contributed by atoms with Gasteiger partial charge in [0.1, 0.15) is 18.2 Å². The normalized spacial score (nSPS) is 10.7. The molecule has 0 aliphatic carbocycles. The SMILES string of the molecule is COC(=O)c1ccc(NC(=O)/C(C#N)=C/c2cc(Cl)c(OCc3ccc(C(=O)O)cc3)c(OC)c2)cc1. The molecule has 0 saturated carbocycles. The summed E-state index contributed by atoms with van der Waals surface area (Å²) in [5.41, 5.74) is 1.81. The molecule has 0 aromatic heterocycles. The van der Waals surface area contributed by atoms with Crippen molar-refractivity contribution >= 4 is 41.2 Å². The molecule has 188 valence electrons. The number of hydrogen-bond donors (Lipinski definition) is 2. The Labute approximate surface area is 217 Å². The van der Waals surface area contributed by atoms with Crippen molar-refractivity contribution in [2.24, 2.45) is 0 Å². The fraction of sp³-hybridized carbons (Fsp3) is 0.111. The standard InChI is InChI=1S/C27H21ClN2O7/c1-35-23-13-17(12-22(28)24(23)37-15-16-3-5-18(6-4-16)26(32)33)11-20(14-29)25(31)30-21-9-7-19(8-10-21)27(34)36-2/h3-13H,15H2,1-2H3,(H,30,31)(H,32,33)/b20-11+. The summed E-state index contributed by atoms with van der Waals surface area (Å²) in [6, 6.07) is 17.1. The molecule has 37 heavy (non-hydrogen) atoms. The van der Waals surface area contributed by atoms with E-state index in [1.165, 1.54) is 62.8 Å². The minimum atomic E-state index is -1.03.